The summed E-state index contributed by atoms with van der Waals surface area (Å²) in [5.41, 5.74) is 6.76. The molecule has 30 heavy (non-hydrogen) atoms. The summed E-state index contributed by atoms with van der Waals surface area (Å²) in [5, 5.41) is 14.4. The number of halogens is 2. The van der Waals surface area contributed by atoms with E-state index >= 15 is 0 Å². The highest BCUT2D eigenvalue weighted by Crippen LogP contribution is 2.38. The number of hydrogen-bond donors (Lipinski definition) is 2. The zero-order chi connectivity index (χ0) is 21.0. The molecule has 3 atom stereocenters. The fourth-order valence-corrected chi connectivity index (χ4v) is 4.47. The fraction of sp³-hybridized carbons (Fsp3) is 0.350. The lowest BCUT2D eigenvalue weighted by Crippen LogP contribution is -2.57. The Morgan fingerprint density at radius 2 is 2.07 bits per heavy atom. The number of hydrogen-bond acceptors (Lipinski definition) is 5. The van der Waals surface area contributed by atoms with Crippen LogP contribution in [0.5, 0.6) is 0 Å². The molecule has 0 radical (unpaired) electrons. The number of carbonyl (C=O) groups excluding carboxylic acids is 1. The average molecular weight is 414 g/mol. The first kappa shape index (κ1) is 18.7. The third-order valence-corrected chi connectivity index (χ3v) is 5.93. The summed E-state index contributed by atoms with van der Waals surface area (Å²) in [6.07, 6.45) is 4.02. The van der Waals surface area contributed by atoms with Crippen LogP contribution in [0.1, 0.15) is 36.1 Å². The standard InChI is InChI=1S/C20H20F2N6O2/c21-11-3-4-14(22)12(8-11)15-2-1-6-26(15)17-5-7-28-19(25-17)13(9-24-28)18-16(29)10-27(18)20(23)30/h3-5,7-9,15-16,18,29H,1-2,6,10H2,(H2,23,30). The molecular weight excluding hydrogens is 394 g/mol. The summed E-state index contributed by atoms with van der Waals surface area (Å²) >= 11 is 0. The second-order valence-corrected chi connectivity index (χ2v) is 7.67. The second-order valence-electron chi connectivity index (χ2n) is 7.67. The minimum Gasteiger partial charge on any atom is -0.389 e. The molecule has 3 N–H and O–H groups in total. The van der Waals surface area contributed by atoms with Crippen molar-refractivity contribution in [1.82, 2.24) is 19.5 Å². The van der Waals surface area contributed by atoms with Gasteiger partial charge >= 0.3 is 6.03 Å². The average Bonchev–Trinajstić information content (AvgIpc) is 3.35. The third-order valence-electron chi connectivity index (χ3n) is 5.93. The van der Waals surface area contributed by atoms with Crippen LogP contribution in [0.2, 0.25) is 0 Å². The van der Waals surface area contributed by atoms with Gasteiger partial charge in [-0.15, -0.1) is 0 Å². The molecular formula is C20H20F2N6O2. The Kier molecular flexibility index (Phi) is 4.31. The molecule has 0 aliphatic carbocycles. The Morgan fingerprint density at radius 3 is 2.83 bits per heavy atom. The molecule has 0 bridgehead atoms. The number of urea groups is 1. The van der Waals surface area contributed by atoms with Gasteiger partial charge in [0.05, 0.1) is 30.9 Å². The van der Waals surface area contributed by atoms with Crippen LogP contribution in [0, 0.1) is 11.6 Å². The topological polar surface area (TPSA) is 100.0 Å². The van der Waals surface area contributed by atoms with Crippen molar-refractivity contribution >= 4 is 17.5 Å². The van der Waals surface area contributed by atoms with Crippen molar-refractivity contribution in [3.05, 3.63) is 59.4 Å². The van der Waals surface area contributed by atoms with Crippen LogP contribution in [0.25, 0.3) is 5.65 Å². The number of β-amino-alcohol motifs (C(OH)–C–C–N with tert-alkyl or cyclic N) is 1. The third kappa shape index (κ3) is 2.86. The van der Waals surface area contributed by atoms with E-state index in [2.05, 4.69) is 5.10 Å². The van der Waals surface area contributed by atoms with Crippen molar-refractivity contribution in [1.29, 1.82) is 0 Å². The van der Waals surface area contributed by atoms with Crippen LogP contribution >= 0.6 is 0 Å². The first-order valence-electron chi connectivity index (χ1n) is 9.74. The van der Waals surface area contributed by atoms with Crippen LogP contribution < -0.4 is 10.6 Å². The van der Waals surface area contributed by atoms with Gasteiger partial charge in [0.25, 0.3) is 0 Å². The van der Waals surface area contributed by atoms with Gasteiger partial charge in [-0.3, -0.25) is 0 Å². The molecule has 0 spiro atoms. The highest BCUT2D eigenvalue weighted by molar-refractivity contribution is 5.74. The first-order chi connectivity index (χ1) is 14.4. The molecule has 10 heteroatoms. The van der Waals surface area contributed by atoms with Crippen LogP contribution in [0.3, 0.4) is 0 Å². The van der Waals surface area contributed by atoms with Crippen LogP contribution in [0.15, 0.2) is 36.7 Å². The monoisotopic (exact) mass is 414 g/mol. The molecule has 3 unspecified atom stereocenters. The van der Waals surface area contributed by atoms with E-state index in [1.165, 1.54) is 11.0 Å². The fourth-order valence-electron chi connectivity index (χ4n) is 4.47. The summed E-state index contributed by atoms with van der Waals surface area (Å²) in [6, 6.07) is 3.68. The Morgan fingerprint density at radius 1 is 1.23 bits per heavy atom. The number of amides is 2. The van der Waals surface area contributed by atoms with Gasteiger partial charge in [-0.1, -0.05) is 0 Å². The normalized spacial score (nSPS) is 23.8. The van der Waals surface area contributed by atoms with E-state index in [1.54, 1.807) is 23.0 Å². The van der Waals surface area contributed by atoms with Crippen LogP contribution in [-0.4, -0.2) is 49.8 Å². The molecule has 3 aromatic rings. The molecule has 2 amide bonds. The van der Waals surface area contributed by atoms with Crippen molar-refractivity contribution in [3.63, 3.8) is 0 Å². The Hall–Kier alpha value is -3.27. The van der Waals surface area contributed by atoms with Crippen molar-refractivity contribution in [3.8, 4) is 0 Å². The highest BCUT2D eigenvalue weighted by Gasteiger charge is 2.43. The second kappa shape index (κ2) is 6.91. The number of likely N-dealkylation sites (tertiary alicyclic amines) is 1. The summed E-state index contributed by atoms with van der Waals surface area (Å²) in [4.78, 5) is 19.6. The molecule has 2 aromatic heterocycles. The number of primary amides is 1. The zero-order valence-corrected chi connectivity index (χ0v) is 15.9. The Balaban J connectivity index is 1.53. The Labute approximate surface area is 170 Å². The van der Waals surface area contributed by atoms with Gasteiger partial charge in [-0.2, -0.15) is 5.10 Å². The van der Waals surface area contributed by atoms with Gasteiger partial charge in [0.2, 0.25) is 0 Å². The summed E-state index contributed by atoms with van der Waals surface area (Å²) in [7, 11) is 0. The van der Waals surface area contributed by atoms with E-state index < -0.39 is 29.8 Å². The van der Waals surface area contributed by atoms with E-state index in [0.29, 0.717) is 35.6 Å². The number of aliphatic hydroxyl groups is 1. The zero-order valence-electron chi connectivity index (χ0n) is 15.9. The molecule has 8 nitrogen and oxygen atoms in total. The van der Waals surface area contributed by atoms with E-state index in [4.69, 9.17) is 10.7 Å². The van der Waals surface area contributed by atoms with E-state index in [0.717, 1.165) is 18.6 Å². The number of nitrogens with zero attached hydrogens (tertiary/aromatic N) is 5. The summed E-state index contributed by atoms with van der Waals surface area (Å²) in [6.45, 7) is 0.802. The quantitative estimate of drug-likeness (QED) is 0.684. The SMILES string of the molecule is NC(=O)N1CC(O)C1c1cnn2ccc(N3CCCC3c3cc(F)ccc3F)nc12. The number of aliphatic hydroxyl groups excluding tert-OH is 1. The van der Waals surface area contributed by atoms with Crippen molar-refractivity contribution in [2.75, 3.05) is 18.0 Å². The molecule has 5 rings (SSSR count). The number of aromatic nitrogens is 3. The van der Waals surface area contributed by atoms with Gasteiger partial charge in [-0.05, 0) is 37.1 Å². The maximum Gasteiger partial charge on any atom is 0.315 e. The lowest BCUT2D eigenvalue weighted by atomic mass is 9.94. The van der Waals surface area contributed by atoms with Crippen LogP contribution in [-0.2, 0) is 0 Å². The van der Waals surface area contributed by atoms with Crippen molar-refractivity contribution in [2.45, 2.75) is 31.0 Å². The summed E-state index contributed by atoms with van der Waals surface area (Å²) in [5.74, 6) is -0.339. The molecule has 2 fully saturated rings. The molecule has 0 saturated carbocycles. The highest BCUT2D eigenvalue weighted by atomic mass is 19.1. The van der Waals surface area contributed by atoms with Gasteiger partial charge in [0.1, 0.15) is 17.5 Å². The van der Waals surface area contributed by atoms with Gasteiger partial charge < -0.3 is 20.6 Å². The molecule has 156 valence electrons. The minimum atomic E-state index is -0.753. The molecule has 2 aliphatic heterocycles. The first-order valence-corrected chi connectivity index (χ1v) is 9.74. The van der Waals surface area contributed by atoms with Gasteiger partial charge in [0, 0.05) is 23.9 Å². The maximum absolute atomic E-state index is 14.4. The summed E-state index contributed by atoms with van der Waals surface area (Å²) < 4.78 is 29.7. The minimum absolute atomic E-state index is 0.157. The van der Waals surface area contributed by atoms with Gasteiger partial charge in [-0.25, -0.2) is 23.1 Å². The lowest BCUT2D eigenvalue weighted by molar-refractivity contribution is -0.0320. The number of nitrogens with two attached hydrogens (primary N) is 1. The van der Waals surface area contributed by atoms with Gasteiger partial charge in [0.15, 0.2) is 5.65 Å². The maximum atomic E-state index is 14.4. The predicted molar refractivity (Wildman–Crippen MR) is 104 cm³/mol. The smallest absolute Gasteiger partial charge is 0.315 e. The predicted octanol–water partition coefficient (Wildman–Crippen LogP) is 2.15. The van der Waals surface area contributed by atoms with Crippen molar-refractivity contribution in [2.24, 2.45) is 5.73 Å². The van der Waals surface area contributed by atoms with E-state index in [-0.39, 0.29) is 12.6 Å². The number of carbonyl (C=O) groups is 1. The largest absolute Gasteiger partial charge is 0.389 e. The molecule has 1 aromatic carbocycles. The number of anilines is 1. The van der Waals surface area contributed by atoms with Crippen molar-refractivity contribution < 1.29 is 18.7 Å². The molecule has 4 heterocycles. The van der Waals surface area contributed by atoms with E-state index in [1.807, 2.05) is 4.90 Å². The lowest BCUT2D eigenvalue weighted by Gasteiger charge is -2.43. The Bertz CT molecular complexity index is 1140. The molecule has 2 saturated heterocycles. The van der Waals surface area contributed by atoms with E-state index in [9.17, 15) is 18.7 Å². The number of benzene rings is 1. The number of fused-ring (bicyclic) bond motifs is 1. The number of rotatable bonds is 3. The van der Waals surface area contributed by atoms with Crippen LogP contribution in [0.4, 0.5) is 19.4 Å². The molecule has 2 aliphatic rings.